The molecule has 3 rings (SSSR count). The van der Waals surface area contributed by atoms with Gasteiger partial charge in [-0.2, -0.15) is 0 Å². The molecule has 0 radical (unpaired) electrons. The van der Waals surface area contributed by atoms with E-state index in [1.807, 2.05) is 32.0 Å². The molecule has 0 N–H and O–H groups in total. The SMILES string of the molecule is Cc1cccc(-c2nc(CO[C@H]3CCC[C@@H](OCCCOS(=O)[O-])C3)c(C)o2)c1. The molecule has 3 atom stereocenters. The molecule has 160 valence electrons. The fourth-order valence-corrected chi connectivity index (χ4v) is 3.75. The van der Waals surface area contributed by atoms with Crippen LogP contribution in [0.15, 0.2) is 28.7 Å². The van der Waals surface area contributed by atoms with E-state index in [2.05, 4.69) is 15.2 Å². The zero-order chi connectivity index (χ0) is 20.6. The van der Waals surface area contributed by atoms with Crippen LogP contribution in [0.25, 0.3) is 11.5 Å². The van der Waals surface area contributed by atoms with Crippen LogP contribution in [0, 0.1) is 13.8 Å². The Morgan fingerprint density at radius 3 is 2.76 bits per heavy atom. The summed E-state index contributed by atoms with van der Waals surface area (Å²) in [5.41, 5.74) is 2.96. The molecule has 1 saturated carbocycles. The number of hydrogen-bond donors (Lipinski definition) is 0. The van der Waals surface area contributed by atoms with E-state index in [9.17, 15) is 8.76 Å². The number of nitrogens with zero attached hydrogens (tertiary/aromatic N) is 1. The van der Waals surface area contributed by atoms with Gasteiger partial charge in [-0.15, -0.1) is 0 Å². The first-order valence-corrected chi connectivity index (χ1v) is 11.0. The Bertz CT molecular complexity index is 808. The summed E-state index contributed by atoms with van der Waals surface area (Å²) in [4.78, 5) is 4.62. The molecule has 1 heterocycles. The molecule has 0 amide bonds. The van der Waals surface area contributed by atoms with Gasteiger partial charge in [-0.3, -0.25) is 0 Å². The summed E-state index contributed by atoms with van der Waals surface area (Å²) in [6.07, 6.45) is 4.67. The quantitative estimate of drug-likeness (QED) is 0.422. The minimum absolute atomic E-state index is 0.123. The molecule has 29 heavy (non-hydrogen) atoms. The first kappa shape index (κ1) is 22.1. The van der Waals surface area contributed by atoms with Crippen LogP contribution in [0.3, 0.4) is 0 Å². The Kier molecular flexibility index (Phi) is 8.38. The van der Waals surface area contributed by atoms with E-state index in [0.717, 1.165) is 48.3 Å². The number of benzene rings is 1. The lowest BCUT2D eigenvalue weighted by atomic mass is 9.95. The van der Waals surface area contributed by atoms with Gasteiger partial charge in [-0.05, 0) is 58.1 Å². The first-order chi connectivity index (χ1) is 14.0. The predicted octanol–water partition coefficient (Wildman–Crippen LogP) is 4.00. The van der Waals surface area contributed by atoms with Crippen LogP contribution >= 0.6 is 0 Å². The van der Waals surface area contributed by atoms with Crippen molar-refractivity contribution in [1.29, 1.82) is 0 Å². The smallest absolute Gasteiger partial charge is 0.226 e. The van der Waals surface area contributed by atoms with E-state index in [0.29, 0.717) is 25.5 Å². The highest BCUT2D eigenvalue weighted by Crippen LogP contribution is 2.27. The lowest BCUT2D eigenvalue weighted by Crippen LogP contribution is -2.28. The molecule has 0 bridgehead atoms. The first-order valence-electron chi connectivity index (χ1n) is 10.0. The third-order valence-electron chi connectivity index (χ3n) is 5.01. The van der Waals surface area contributed by atoms with Crippen LogP contribution in [0.5, 0.6) is 0 Å². The highest BCUT2D eigenvalue weighted by molar-refractivity contribution is 7.74. The minimum atomic E-state index is -2.45. The van der Waals surface area contributed by atoms with E-state index in [1.54, 1.807) is 0 Å². The number of aryl methyl sites for hydroxylation is 2. The average Bonchev–Trinajstić information content (AvgIpc) is 3.07. The number of ether oxygens (including phenoxy) is 2. The number of rotatable bonds is 10. The lowest BCUT2D eigenvalue weighted by Gasteiger charge is -2.29. The second kappa shape index (κ2) is 11.0. The van der Waals surface area contributed by atoms with Crippen molar-refractivity contribution in [2.45, 2.75) is 64.8 Å². The van der Waals surface area contributed by atoms with Gasteiger partial charge in [0.2, 0.25) is 5.89 Å². The van der Waals surface area contributed by atoms with Crippen LogP contribution in [0.1, 0.15) is 49.1 Å². The standard InChI is InChI=1S/C21H29NO6S/c1-15-6-3-7-17(12-15)21-22-20(16(2)28-21)14-26-19-9-4-8-18(13-19)25-10-5-11-27-29(23)24/h3,6-7,12,18-19H,4-5,8-11,13-14H2,1-2H3,(H,23,24)/p-1/t18-,19+/m1/s1. The summed E-state index contributed by atoms with van der Waals surface area (Å²) in [5, 5.41) is 0. The Labute approximate surface area is 174 Å². The molecule has 8 heteroatoms. The monoisotopic (exact) mass is 422 g/mol. The number of aromatic nitrogens is 1. The van der Waals surface area contributed by atoms with Gasteiger partial charge in [0, 0.05) is 12.2 Å². The number of oxazole rings is 1. The zero-order valence-corrected chi connectivity index (χ0v) is 17.7. The molecule has 0 spiro atoms. The van der Waals surface area contributed by atoms with Crippen LogP contribution in [0.4, 0.5) is 0 Å². The van der Waals surface area contributed by atoms with Gasteiger partial charge in [-0.1, -0.05) is 17.7 Å². The summed E-state index contributed by atoms with van der Waals surface area (Å²) in [6, 6.07) is 8.09. The van der Waals surface area contributed by atoms with Gasteiger partial charge in [0.25, 0.3) is 0 Å². The van der Waals surface area contributed by atoms with Gasteiger partial charge in [0.15, 0.2) is 0 Å². The molecule has 7 nitrogen and oxygen atoms in total. The normalized spacial score (nSPS) is 20.7. The summed E-state index contributed by atoms with van der Waals surface area (Å²) in [5.74, 6) is 1.40. The fourth-order valence-electron chi connectivity index (χ4n) is 3.50. The van der Waals surface area contributed by atoms with Gasteiger partial charge in [-0.25, -0.2) is 9.19 Å². The van der Waals surface area contributed by atoms with Gasteiger partial charge in [0.1, 0.15) is 11.5 Å². The van der Waals surface area contributed by atoms with Gasteiger partial charge in [0.05, 0.1) is 36.8 Å². The maximum Gasteiger partial charge on any atom is 0.226 e. The fraction of sp³-hybridized carbons (Fsp3) is 0.571. The van der Waals surface area contributed by atoms with Crippen LogP contribution < -0.4 is 0 Å². The van der Waals surface area contributed by atoms with Crippen molar-refractivity contribution in [3.05, 3.63) is 41.3 Å². The van der Waals surface area contributed by atoms with Gasteiger partial charge >= 0.3 is 0 Å². The van der Waals surface area contributed by atoms with E-state index in [1.165, 1.54) is 0 Å². The third-order valence-corrected chi connectivity index (χ3v) is 5.37. The highest BCUT2D eigenvalue weighted by Gasteiger charge is 2.24. The van der Waals surface area contributed by atoms with Crippen LogP contribution in [-0.2, 0) is 31.6 Å². The van der Waals surface area contributed by atoms with Crippen molar-refractivity contribution >= 4 is 11.4 Å². The highest BCUT2D eigenvalue weighted by atomic mass is 32.2. The molecule has 1 aliphatic rings. The average molecular weight is 423 g/mol. The molecule has 1 fully saturated rings. The Hall–Kier alpha value is -1.58. The van der Waals surface area contributed by atoms with E-state index >= 15 is 0 Å². The summed E-state index contributed by atoms with van der Waals surface area (Å²) in [6.45, 7) is 5.01. The van der Waals surface area contributed by atoms with E-state index in [-0.39, 0.29) is 18.8 Å². The molecule has 2 aromatic rings. The third kappa shape index (κ3) is 7.01. The van der Waals surface area contributed by atoms with Crippen molar-refractivity contribution < 1.29 is 26.8 Å². The Morgan fingerprint density at radius 2 is 2.00 bits per heavy atom. The molecule has 0 aliphatic heterocycles. The topological polar surface area (TPSA) is 93.8 Å². The Balaban J connectivity index is 1.45. The molecule has 1 aliphatic carbocycles. The van der Waals surface area contributed by atoms with E-state index in [4.69, 9.17) is 13.9 Å². The van der Waals surface area contributed by atoms with Crippen LogP contribution in [-0.4, -0.2) is 39.2 Å². The van der Waals surface area contributed by atoms with E-state index < -0.39 is 11.4 Å². The second-order valence-corrected chi connectivity index (χ2v) is 8.01. The Morgan fingerprint density at radius 1 is 1.21 bits per heavy atom. The van der Waals surface area contributed by atoms with Gasteiger partial charge < -0.3 is 22.6 Å². The van der Waals surface area contributed by atoms with Crippen molar-refractivity contribution in [3.8, 4) is 11.5 Å². The molecule has 1 unspecified atom stereocenters. The molecule has 0 saturated heterocycles. The lowest BCUT2D eigenvalue weighted by molar-refractivity contribution is -0.0525. The predicted molar refractivity (Wildman–Crippen MR) is 108 cm³/mol. The molecular formula is C21H28NO6S-. The summed E-state index contributed by atoms with van der Waals surface area (Å²) in [7, 11) is 0. The zero-order valence-electron chi connectivity index (χ0n) is 16.9. The molecule has 1 aromatic heterocycles. The van der Waals surface area contributed by atoms with Crippen molar-refractivity contribution in [2.75, 3.05) is 13.2 Å². The van der Waals surface area contributed by atoms with Crippen molar-refractivity contribution in [2.24, 2.45) is 0 Å². The summed E-state index contributed by atoms with van der Waals surface area (Å²) >= 11 is -2.45. The minimum Gasteiger partial charge on any atom is -0.750 e. The molecular weight excluding hydrogens is 394 g/mol. The van der Waals surface area contributed by atoms with Crippen molar-refractivity contribution in [1.82, 2.24) is 4.98 Å². The maximum absolute atomic E-state index is 10.3. The number of hydrogen-bond acceptors (Lipinski definition) is 7. The summed E-state index contributed by atoms with van der Waals surface area (Å²) < 4.78 is 42.9. The second-order valence-electron chi connectivity index (χ2n) is 7.36. The van der Waals surface area contributed by atoms with Crippen molar-refractivity contribution in [3.63, 3.8) is 0 Å². The largest absolute Gasteiger partial charge is 0.750 e. The molecule has 1 aromatic carbocycles. The maximum atomic E-state index is 10.3. The van der Waals surface area contributed by atoms with Crippen LogP contribution in [0.2, 0.25) is 0 Å².